The maximum absolute atomic E-state index is 13.2. The highest BCUT2D eigenvalue weighted by Gasteiger charge is 2.52. The summed E-state index contributed by atoms with van der Waals surface area (Å²) in [7, 11) is 1.65. The van der Waals surface area contributed by atoms with Gasteiger partial charge in [-0.2, -0.15) is 5.01 Å². The highest BCUT2D eigenvalue weighted by molar-refractivity contribution is 5.97. The van der Waals surface area contributed by atoms with E-state index in [1.807, 2.05) is 71.7 Å². The molecule has 0 saturated carbocycles. The van der Waals surface area contributed by atoms with Crippen LogP contribution in [0.25, 0.3) is 0 Å². The fourth-order valence-corrected chi connectivity index (χ4v) is 4.93. The van der Waals surface area contributed by atoms with Gasteiger partial charge in [0.1, 0.15) is 5.75 Å². The minimum atomic E-state index is -0.194. The molecule has 0 aliphatic carbocycles. The molecule has 2 fully saturated rings. The molecule has 2 amide bonds. The summed E-state index contributed by atoms with van der Waals surface area (Å²) >= 11 is 0. The fourth-order valence-electron chi connectivity index (χ4n) is 4.93. The van der Waals surface area contributed by atoms with Crippen LogP contribution in [0.3, 0.4) is 0 Å². The largest absolute Gasteiger partial charge is 0.497 e. The smallest absolute Gasteiger partial charge is 0.245 e. The number of hydrogen-bond donors (Lipinski definition) is 0. The van der Waals surface area contributed by atoms with Gasteiger partial charge in [-0.25, -0.2) is 5.01 Å². The number of carbonyl (C=O) groups excluding carboxylic acids is 2. The zero-order valence-electron chi connectivity index (χ0n) is 17.3. The second-order valence-electron chi connectivity index (χ2n) is 8.05. The van der Waals surface area contributed by atoms with Crippen LogP contribution in [0.2, 0.25) is 0 Å². The summed E-state index contributed by atoms with van der Waals surface area (Å²) in [6.45, 7) is 0. The molecule has 3 aromatic rings. The second-order valence-corrected chi connectivity index (χ2v) is 8.05. The van der Waals surface area contributed by atoms with Crippen molar-refractivity contribution in [2.24, 2.45) is 0 Å². The van der Waals surface area contributed by atoms with E-state index in [1.165, 1.54) is 5.01 Å². The Morgan fingerprint density at radius 3 is 2.03 bits per heavy atom. The molecule has 2 heterocycles. The molecule has 156 valence electrons. The number of hydrogen-bond acceptors (Lipinski definition) is 4. The van der Waals surface area contributed by atoms with E-state index in [1.54, 1.807) is 7.11 Å². The lowest BCUT2D eigenvalue weighted by Gasteiger charge is -2.46. The molecule has 0 bridgehead atoms. The molecule has 5 nitrogen and oxygen atoms in total. The third kappa shape index (κ3) is 3.41. The topological polar surface area (TPSA) is 49.9 Å². The van der Waals surface area contributed by atoms with Crippen LogP contribution in [0.4, 0.5) is 0 Å². The van der Waals surface area contributed by atoms with Gasteiger partial charge < -0.3 is 4.74 Å². The maximum Gasteiger partial charge on any atom is 0.245 e. The van der Waals surface area contributed by atoms with Crippen LogP contribution in [-0.4, -0.2) is 28.9 Å². The quantitative estimate of drug-likeness (QED) is 0.586. The molecule has 0 unspecified atom stereocenters. The lowest BCUT2D eigenvalue weighted by Crippen LogP contribution is -2.52. The number of amides is 2. The van der Waals surface area contributed by atoms with Gasteiger partial charge >= 0.3 is 0 Å². The molecule has 0 aromatic heterocycles. The van der Waals surface area contributed by atoms with Crippen molar-refractivity contribution < 1.29 is 14.3 Å². The monoisotopic (exact) mass is 412 g/mol. The number of hydrazine groups is 1. The van der Waals surface area contributed by atoms with Crippen molar-refractivity contribution in [3.8, 4) is 5.75 Å². The fraction of sp³-hybridized carbons (Fsp3) is 0.231. The zero-order chi connectivity index (χ0) is 21.4. The molecule has 3 aromatic carbocycles. The zero-order valence-corrected chi connectivity index (χ0v) is 17.3. The summed E-state index contributed by atoms with van der Waals surface area (Å²) in [6, 6.07) is 27.7. The highest BCUT2D eigenvalue weighted by atomic mass is 16.5. The minimum absolute atomic E-state index is 0.0748. The Morgan fingerprint density at radius 1 is 0.742 bits per heavy atom. The Bertz CT molecular complexity index is 1100. The Balaban J connectivity index is 1.68. The molecule has 0 spiro atoms. The Hall–Kier alpha value is -3.44. The first-order valence-corrected chi connectivity index (χ1v) is 10.5. The normalized spacial score (nSPS) is 23.6. The van der Waals surface area contributed by atoms with Gasteiger partial charge in [-0.05, 0) is 28.8 Å². The van der Waals surface area contributed by atoms with Crippen molar-refractivity contribution in [1.29, 1.82) is 0 Å². The van der Waals surface area contributed by atoms with E-state index in [-0.39, 0.29) is 42.7 Å². The van der Waals surface area contributed by atoms with Gasteiger partial charge in [0.25, 0.3) is 0 Å². The van der Waals surface area contributed by atoms with Gasteiger partial charge in [-0.3, -0.25) is 9.59 Å². The molecule has 3 atom stereocenters. The van der Waals surface area contributed by atoms with E-state index in [0.717, 1.165) is 22.4 Å². The summed E-state index contributed by atoms with van der Waals surface area (Å²) < 4.78 is 5.49. The van der Waals surface area contributed by atoms with Crippen LogP contribution in [0.5, 0.6) is 5.75 Å². The standard InChI is InChI=1S/C26H24N2O3/c1-31-21-14-8-13-20(15-21)26-22(18-9-4-2-5-10-18)16-24(29)28-25(30)17-23(27(26)28)19-11-6-3-7-12-19/h2-15,22-23,26H,16-17H2,1H3/t22-,23+,26+/m0/s1. The molecule has 0 N–H and O–H groups in total. The molecular formula is C26H24N2O3. The lowest BCUT2D eigenvalue weighted by atomic mass is 9.81. The number of carbonyl (C=O) groups is 2. The summed E-state index contributed by atoms with van der Waals surface area (Å²) in [4.78, 5) is 26.2. The van der Waals surface area contributed by atoms with E-state index < -0.39 is 0 Å². The number of benzene rings is 3. The van der Waals surface area contributed by atoms with Crippen LogP contribution in [-0.2, 0) is 9.59 Å². The van der Waals surface area contributed by atoms with E-state index in [9.17, 15) is 9.59 Å². The van der Waals surface area contributed by atoms with Crippen LogP contribution in [0.15, 0.2) is 84.9 Å². The first-order valence-electron chi connectivity index (χ1n) is 10.5. The number of nitrogens with zero attached hydrogens (tertiary/aromatic N) is 2. The van der Waals surface area contributed by atoms with Crippen LogP contribution < -0.4 is 4.74 Å². The first-order chi connectivity index (χ1) is 15.2. The van der Waals surface area contributed by atoms with E-state index >= 15 is 0 Å². The molecular weight excluding hydrogens is 388 g/mol. The number of fused-ring (bicyclic) bond motifs is 1. The maximum atomic E-state index is 13.2. The Morgan fingerprint density at radius 2 is 1.35 bits per heavy atom. The van der Waals surface area contributed by atoms with Crippen molar-refractivity contribution in [1.82, 2.24) is 10.0 Å². The van der Waals surface area contributed by atoms with E-state index in [0.29, 0.717) is 0 Å². The predicted molar refractivity (Wildman–Crippen MR) is 117 cm³/mol. The van der Waals surface area contributed by atoms with E-state index in [2.05, 4.69) is 18.2 Å². The predicted octanol–water partition coefficient (Wildman–Crippen LogP) is 4.64. The number of rotatable bonds is 4. The van der Waals surface area contributed by atoms with Gasteiger partial charge in [0, 0.05) is 12.3 Å². The molecule has 31 heavy (non-hydrogen) atoms. The number of ether oxygens (including phenoxy) is 1. The SMILES string of the molecule is COc1cccc([C@@H]2[C@H](c3ccccc3)CC(=O)N3C(=O)C[C@H](c4ccccc4)N23)c1. The highest BCUT2D eigenvalue weighted by Crippen LogP contribution is 2.51. The van der Waals surface area contributed by atoms with Gasteiger partial charge in [0.2, 0.25) is 11.8 Å². The van der Waals surface area contributed by atoms with Gasteiger partial charge in [-0.1, -0.05) is 72.8 Å². The van der Waals surface area contributed by atoms with Crippen LogP contribution in [0.1, 0.15) is 47.5 Å². The average molecular weight is 412 g/mol. The molecule has 2 saturated heterocycles. The van der Waals surface area contributed by atoms with E-state index in [4.69, 9.17) is 4.74 Å². The summed E-state index contributed by atoms with van der Waals surface area (Å²) in [5, 5.41) is 3.40. The van der Waals surface area contributed by atoms with Crippen molar-refractivity contribution in [2.75, 3.05) is 7.11 Å². The first kappa shape index (κ1) is 19.5. The number of methoxy groups -OCH3 is 1. The van der Waals surface area contributed by atoms with Crippen molar-refractivity contribution >= 4 is 11.8 Å². The second kappa shape index (κ2) is 8.00. The average Bonchev–Trinajstić information content (AvgIpc) is 3.18. The molecule has 2 aliphatic heterocycles. The van der Waals surface area contributed by atoms with Crippen molar-refractivity contribution in [3.05, 3.63) is 102 Å². The Labute approximate surface area is 181 Å². The van der Waals surface area contributed by atoms with Crippen molar-refractivity contribution in [2.45, 2.75) is 30.8 Å². The molecule has 5 rings (SSSR count). The molecule has 2 aliphatic rings. The van der Waals surface area contributed by atoms with Crippen molar-refractivity contribution in [3.63, 3.8) is 0 Å². The summed E-state index contributed by atoms with van der Waals surface area (Å²) in [5.41, 5.74) is 3.16. The Kier molecular flexibility index (Phi) is 5.04. The minimum Gasteiger partial charge on any atom is -0.497 e. The summed E-state index contributed by atoms with van der Waals surface area (Å²) in [5.74, 6) is 0.401. The van der Waals surface area contributed by atoms with Gasteiger partial charge in [-0.15, -0.1) is 0 Å². The van der Waals surface area contributed by atoms with Crippen LogP contribution >= 0.6 is 0 Å². The summed E-state index contributed by atoms with van der Waals surface area (Å²) in [6.07, 6.45) is 0.577. The third-order valence-electron chi connectivity index (χ3n) is 6.30. The molecule has 5 heteroatoms. The van der Waals surface area contributed by atoms with Gasteiger partial charge in [0.05, 0.1) is 25.6 Å². The van der Waals surface area contributed by atoms with Gasteiger partial charge in [0.15, 0.2) is 0 Å². The lowest BCUT2D eigenvalue weighted by molar-refractivity contribution is -0.170. The molecule has 0 radical (unpaired) electrons. The number of imide groups is 1. The van der Waals surface area contributed by atoms with Crippen LogP contribution in [0, 0.1) is 0 Å². The third-order valence-corrected chi connectivity index (χ3v) is 6.30.